The Hall–Kier alpha value is -0.160. The van der Waals surface area contributed by atoms with Gasteiger partial charge in [-0.3, -0.25) is 0 Å². The molecule has 2 rings (SSSR count). The molecule has 4 nitrogen and oxygen atoms in total. The van der Waals surface area contributed by atoms with Crippen molar-refractivity contribution >= 4 is 0 Å². The summed E-state index contributed by atoms with van der Waals surface area (Å²) >= 11 is 0. The molecule has 3 unspecified atom stereocenters. The number of ether oxygens (including phenoxy) is 4. The fraction of sp³-hybridized carbons (Fsp3) is 1.00. The van der Waals surface area contributed by atoms with Gasteiger partial charge in [0.15, 0.2) is 0 Å². The molecular weight excluding hydrogens is 328 g/mol. The average molecular weight is 371 g/mol. The first-order valence-electron chi connectivity index (χ1n) is 11.0. The first-order chi connectivity index (χ1) is 12.5. The highest BCUT2D eigenvalue weighted by molar-refractivity contribution is 5.16. The first kappa shape index (κ1) is 22.1. The Kier molecular flexibility index (Phi) is 7.97. The topological polar surface area (TPSA) is 36.9 Å². The standard InChI is InChI=1S/C22H42O4/c1-7-23-20(6)18(5)16-17-21(24-8-2,19-14-12-11-13-15-19)22(20,25-9-3)26-10-4/h18-19H,7-17H2,1-6H3. The summed E-state index contributed by atoms with van der Waals surface area (Å²) in [5.41, 5.74) is -0.969. The third kappa shape index (κ3) is 3.47. The van der Waals surface area contributed by atoms with E-state index in [9.17, 15) is 0 Å². The molecule has 0 heterocycles. The quantitative estimate of drug-likeness (QED) is 0.514. The zero-order chi connectivity index (χ0) is 19.3. The predicted molar refractivity (Wildman–Crippen MR) is 105 cm³/mol. The Balaban J connectivity index is 2.63. The minimum absolute atomic E-state index is 0.345. The molecule has 154 valence electrons. The van der Waals surface area contributed by atoms with E-state index in [-0.39, 0.29) is 0 Å². The second-order valence-electron chi connectivity index (χ2n) is 8.12. The van der Waals surface area contributed by atoms with Crippen LogP contribution in [0.15, 0.2) is 0 Å². The monoisotopic (exact) mass is 370 g/mol. The van der Waals surface area contributed by atoms with E-state index in [2.05, 4.69) is 41.5 Å². The van der Waals surface area contributed by atoms with Crippen molar-refractivity contribution in [2.75, 3.05) is 26.4 Å². The van der Waals surface area contributed by atoms with Crippen LogP contribution in [0.4, 0.5) is 0 Å². The summed E-state index contributed by atoms with van der Waals surface area (Å²) in [5, 5.41) is 0. The minimum Gasteiger partial charge on any atom is -0.370 e. The maximum Gasteiger partial charge on any atom is 0.228 e. The summed E-state index contributed by atoms with van der Waals surface area (Å²) in [6.07, 6.45) is 8.32. The summed E-state index contributed by atoms with van der Waals surface area (Å²) in [6, 6.07) is 0. The highest BCUT2D eigenvalue weighted by Gasteiger charge is 2.71. The van der Waals surface area contributed by atoms with E-state index in [0.29, 0.717) is 38.3 Å². The van der Waals surface area contributed by atoms with Gasteiger partial charge in [0, 0.05) is 26.4 Å². The predicted octanol–water partition coefficient (Wildman–Crippen LogP) is 5.34. The van der Waals surface area contributed by atoms with E-state index in [4.69, 9.17) is 18.9 Å². The lowest BCUT2D eigenvalue weighted by Gasteiger charge is -2.64. The van der Waals surface area contributed by atoms with Crippen molar-refractivity contribution < 1.29 is 18.9 Å². The molecule has 0 aromatic rings. The van der Waals surface area contributed by atoms with Gasteiger partial charge in [-0.2, -0.15) is 0 Å². The van der Waals surface area contributed by atoms with Crippen LogP contribution >= 0.6 is 0 Å². The van der Waals surface area contributed by atoms with E-state index in [1.54, 1.807) is 0 Å². The molecule has 0 N–H and O–H groups in total. The summed E-state index contributed by atoms with van der Waals surface area (Å²) < 4.78 is 26.4. The van der Waals surface area contributed by atoms with Crippen molar-refractivity contribution in [1.82, 2.24) is 0 Å². The molecule has 0 bridgehead atoms. The highest BCUT2D eigenvalue weighted by atomic mass is 16.7. The Bertz CT molecular complexity index is 414. The Labute approximate surface area is 161 Å². The smallest absolute Gasteiger partial charge is 0.228 e. The van der Waals surface area contributed by atoms with Gasteiger partial charge in [-0.1, -0.05) is 26.2 Å². The van der Waals surface area contributed by atoms with E-state index in [0.717, 1.165) is 12.8 Å². The van der Waals surface area contributed by atoms with E-state index < -0.39 is 17.0 Å². The first-order valence-corrected chi connectivity index (χ1v) is 11.0. The third-order valence-electron chi connectivity index (χ3n) is 6.91. The van der Waals surface area contributed by atoms with Gasteiger partial charge in [-0.15, -0.1) is 0 Å². The van der Waals surface area contributed by atoms with E-state index in [1.807, 2.05) is 0 Å². The summed E-state index contributed by atoms with van der Waals surface area (Å²) in [4.78, 5) is 0. The molecule has 0 saturated heterocycles. The maximum atomic E-state index is 6.69. The molecule has 26 heavy (non-hydrogen) atoms. The zero-order valence-corrected chi connectivity index (χ0v) is 18.1. The second kappa shape index (κ2) is 9.36. The van der Waals surface area contributed by atoms with Crippen LogP contribution in [0.25, 0.3) is 0 Å². The van der Waals surface area contributed by atoms with Gasteiger partial charge in [0.2, 0.25) is 5.79 Å². The Morgan fingerprint density at radius 1 is 0.731 bits per heavy atom. The molecule has 2 aliphatic rings. The molecular formula is C22H42O4. The van der Waals surface area contributed by atoms with Crippen LogP contribution in [0, 0.1) is 11.8 Å². The molecule has 0 amide bonds. The lowest BCUT2D eigenvalue weighted by molar-refractivity contribution is -0.427. The average Bonchev–Trinajstić information content (AvgIpc) is 2.64. The molecule has 0 aromatic heterocycles. The lowest BCUT2D eigenvalue weighted by atomic mass is 9.58. The molecule has 2 fully saturated rings. The van der Waals surface area contributed by atoms with Gasteiger partial charge in [-0.05, 0) is 72.1 Å². The van der Waals surface area contributed by atoms with Gasteiger partial charge in [-0.25, -0.2) is 0 Å². The molecule has 4 heteroatoms. The SMILES string of the molecule is CCOC1(C)C(C)CCC(OCC)(C2CCCCC2)C1(OCC)OCC. The van der Waals surface area contributed by atoms with Crippen molar-refractivity contribution in [3.63, 3.8) is 0 Å². The van der Waals surface area contributed by atoms with Crippen molar-refractivity contribution in [1.29, 1.82) is 0 Å². The summed E-state index contributed by atoms with van der Waals surface area (Å²) in [5.74, 6) is -0.0610. The van der Waals surface area contributed by atoms with Crippen LogP contribution in [0.3, 0.4) is 0 Å². The second-order valence-corrected chi connectivity index (χ2v) is 8.12. The fourth-order valence-corrected chi connectivity index (χ4v) is 5.72. The van der Waals surface area contributed by atoms with Crippen molar-refractivity contribution in [3.8, 4) is 0 Å². The van der Waals surface area contributed by atoms with Crippen molar-refractivity contribution in [2.45, 2.75) is 103 Å². The molecule has 2 aliphatic carbocycles. The Morgan fingerprint density at radius 2 is 1.27 bits per heavy atom. The van der Waals surface area contributed by atoms with Crippen molar-refractivity contribution in [3.05, 3.63) is 0 Å². The zero-order valence-electron chi connectivity index (χ0n) is 18.1. The fourth-order valence-electron chi connectivity index (χ4n) is 5.72. The summed E-state index contributed by atoms with van der Waals surface area (Å²) in [6.45, 7) is 15.3. The van der Waals surface area contributed by atoms with Crippen LogP contribution in [0.5, 0.6) is 0 Å². The molecule has 0 spiro atoms. The largest absolute Gasteiger partial charge is 0.370 e. The van der Waals surface area contributed by atoms with Crippen LogP contribution in [-0.2, 0) is 18.9 Å². The lowest BCUT2D eigenvalue weighted by Crippen LogP contribution is -2.77. The van der Waals surface area contributed by atoms with Gasteiger partial charge < -0.3 is 18.9 Å². The molecule has 0 aliphatic heterocycles. The highest BCUT2D eigenvalue weighted by Crippen LogP contribution is 2.58. The Morgan fingerprint density at radius 3 is 1.77 bits per heavy atom. The van der Waals surface area contributed by atoms with Crippen LogP contribution in [0.1, 0.15) is 86.5 Å². The number of rotatable bonds is 9. The molecule has 3 atom stereocenters. The van der Waals surface area contributed by atoms with Crippen molar-refractivity contribution in [2.24, 2.45) is 11.8 Å². The summed E-state index contributed by atoms with van der Waals surface area (Å²) in [7, 11) is 0. The minimum atomic E-state index is -0.866. The normalized spacial score (nSPS) is 35.5. The van der Waals surface area contributed by atoms with Crippen LogP contribution < -0.4 is 0 Å². The van der Waals surface area contributed by atoms with Crippen LogP contribution in [0.2, 0.25) is 0 Å². The van der Waals surface area contributed by atoms with Gasteiger partial charge in [0.05, 0.1) is 0 Å². The molecule has 0 radical (unpaired) electrons. The van der Waals surface area contributed by atoms with Gasteiger partial charge in [0.1, 0.15) is 11.2 Å². The van der Waals surface area contributed by atoms with E-state index >= 15 is 0 Å². The molecule has 0 aromatic carbocycles. The third-order valence-corrected chi connectivity index (χ3v) is 6.91. The maximum absolute atomic E-state index is 6.69. The van der Waals surface area contributed by atoms with Gasteiger partial charge >= 0.3 is 0 Å². The van der Waals surface area contributed by atoms with E-state index in [1.165, 1.54) is 32.1 Å². The number of hydrogen-bond acceptors (Lipinski definition) is 4. The van der Waals surface area contributed by atoms with Gasteiger partial charge in [0.25, 0.3) is 0 Å². The molecule has 2 saturated carbocycles. The number of hydrogen-bond donors (Lipinski definition) is 0. The van der Waals surface area contributed by atoms with Crippen LogP contribution in [-0.4, -0.2) is 43.4 Å².